The number of carbonyl (C=O) groups is 2. The second kappa shape index (κ2) is 8.21. The fourth-order valence-electron chi connectivity index (χ4n) is 3.30. The van der Waals surface area contributed by atoms with Crippen LogP contribution in [-0.2, 0) is 16.0 Å². The third-order valence-electron chi connectivity index (χ3n) is 4.78. The lowest BCUT2D eigenvalue weighted by Gasteiger charge is -2.22. The lowest BCUT2D eigenvalue weighted by Crippen LogP contribution is -2.37. The third-order valence-corrected chi connectivity index (χ3v) is 4.78. The van der Waals surface area contributed by atoms with Crippen LogP contribution in [-0.4, -0.2) is 52.8 Å². The van der Waals surface area contributed by atoms with Gasteiger partial charge in [0.05, 0.1) is 11.9 Å². The van der Waals surface area contributed by atoms with Crippen LogP contribution in [0, 0.1) is 0 Å². The summed E-state index contributed by atoms with van der Waals surface area (Å²) < 4.78 is 4.98. The normalized spacial score (nSPS) is 15.3. The van der Waals surface area contributed by atoms with E-state index in [4.69, 9.17) is 4.42 Å². The number of benzene rings is 1. The van der Waals surface area contributed by atoms with Crippen molar-refractivity contribution in [2.75, 3.05) is 26.2 Å². The molecule has 2 heterocycles. The number of amides is 2. The van der Waals surface area contributed by atoms with Crippen LogP contribution in [0.4, 0.5) is 0 Å². The van der Waals surface area contributed by atoms with Gasteiger partial charge >= 0.3 is 5.76 Å². The van der Waals surface area contributed by atoms with Crippen molar-refractivity contribution in [2.45, 2.75) is 39.0 Å². The summed E-state index contributed by atoms with van der Waals surface area (Å²) >= 11 is 0. The van der Waals surface area contributed by atoms with E-state index >= 15 is 0 Å². The maximum atomic E-state index is 12.6. The molecule has 1 N–H and O–H groups in total. The Bertz CT molecular complexity index is 839. The highest BCUT2D eigenvalue weighted by Crippen LogP contribution is 2.14. The fourth-order valence-corrected chi connectivity index (χ4v) is 3.30. The molecule has 2 aromatic rings. The van der Waals surface area contributed by atoms with Crippen LogP contribution in [0.3, 0.4) is 0 Å². The zero-order valence-corrected chi connectivity index (χ0v) is 15.1. The smallest absolute Gasteiger partial charge is 0.408 e. The first-order valence-corrected chi connectivity index (χ1v) is 9.24. The molecule has 1 fully saturated rings. The molecular weight excluding hydrogens is 334 g/mol. The number of unbranched alkanes of at least 4 members (excludes halogenated alkanes) is 1. The van der Waals surface area contributed by atoms with Crippen LogP contribution in [0.25, 0.3) is 11.1 Å². The molecular formula is C19H25N3O4. The monoisotopic (exact) mass is 359 g/mol. The molecule has 2 amide bonds. The van der Waals surface area contributed by atoms with Gasteiger partial charge in [0, 0.05) is 32.6 Å². The largest absolute Gasteiger partial charge is 0.417 e. The van der Waals surface area contributed by atoms with E-state index in [9.17, 15) is 14.4 Å². The second-order valence-corrected chi connectivity index (χ2v) is 6.74. The first-order chi connectivity index (χ1) is 12.6. The van der Waals surface area contributed by atoms with Gasteiger partial charge in [-0.05, 0) is 30.5 Å². The number of rotatable bonds is 5. The molecule has 3 rings (SSSR count). The standard InChI is InChI=1S/C19H25N3O4/c1-2-3-5-17(23)21-8-4-9-22(11-10-21)18(24)13-14-6-7-16-15(12-14)20-19(25)26-16/h6-7,12H,2-5,8-11,13H2,1H3,(H,20,25). The maximum absolute atomic E-state index is 12.6. The van der Waals surface area contributed by atoms with Crippen molar-refractivity contribution in [3.63, 3.8) is 0 Å². The SMILES string of the molecule is CCCCC(=O)N1CCCN(C(=O)Cc2ccc3oc(=O)[nH]c3c2)CC1. The number of nitrogens with one attached hydrogen (secondary N) is 1. The van der Waals surface area contributed by atoms with Crippen LogP contribution in [0.2, 0.25) is 0 Å². The molecule has 1 aromatic heterocycles. The first-order valence-electron chi connectivity index (χ1n) is 9.24. The zero-order valence-electron chi connectivity index (χ0n) is 15.1. The van der Waals surface area contributed by atoms with Crippen LogP contribution in [0.5, 0.6) is 0 Å². The molecule has 0 unspecified atom stereocenters. The van der Waals surface area contributed by atoms with E-state index in [1.165, 1.54) is 0 Å². The minimum atomic E-state index is -0.496. The van der Waals surface area contributed by atoms with Crippen molar-refractivity contribution < 1.29 is 14.0 Å². The third kappa shape index (κ3) is 4.33. The van der Waals surface area contributed by atoms with E-state index in [-0.39, 0.29) is 18.2 Å². The number of hydrogen-bond donors (Lipinski definition) is 1. The van der Waals surface area contributed by atoms with Gasteiger partial charge < -0.3 is 14.2 Å². The van der Waals surface area contributed by atoms with Crippen LogP contribution in [0.15, 0.2) is 27.4 Å². The Hall–Kier alpha value is -2.57. The number of hydrogen-bond acceptors (Lipinski definition) is 4. The van der Waals surface area contributed by atoms with E-state index in [0.29, 0.717) is 43.7 Å². The predicted molar refractivity (Wildman–Crippen MR) is 97.8 cm³/mol. The van der Waals surface area contributed by atoms with E-state index in [2.05, 4.69) is 11.9 Å². The summed E-state index contributed by atoms with van der Waals surface area (Å²) in [5.41, 5.74) is 1.92. The Kier molecular flexibility index (Phi) is 5.75. The highest BCUT2D eigenvalue weighted by Gasteiger charge is 2.21. The molecule has 0 bridgehead atoms. The van der Waals surface area contributed by atoms with Gasteiger partial charge in [0.25, 0.3) is 0 Å². The molecule has 0 aliphatic carbocycles. The lowest BCUT2D eigenvalue weighted by molar-refractivity contribution is -0.133. The quantitative estimate of drug-likeness (QED) is 0.883. The van der Waals surface area contributed by atoms with Gasteiger partial charge in [0.1, 0.15) is 0 Å². The van der Waals surface area contributed by atoms with Gasteiger partial charge in [0.15, 0.2) is 5.58 Å². The highest BCUT2D eigenvalue weighted by atomic mass is 16.4. The Morgan fingerprint density at radius 3 is 2.58 bits per heavy atom. The van der Waals surface area contributed by atoms with Crippen molar-refractivity contribution >= 4 is 22.9 Å². The van der Waals surface area contributed by atoms with Crippen LogP contribution in [0.1, 0.15) is 38.2 Å². The second-order valence-electron chi connectivity index (χ2n) is 6.74. The summed E-state index contributed by atoms with van der Waals surface area (Å²) in [4.78, 5) is 42.4. The van der Waals surface area contributed by atoms with Crippen molar-refractivity contribution in [3.05, 3.63) is 34.3 Å². The van der Waals surface area contributed by atoms with Crippen molar-refractivity contribution in [1.29, 1.82) is 0 Å². The van der Waals surface area contributed by atoms with Crippen molar-refractivity contribution in [3.8, 4) is 0 Å². The molecule has 7 heteroatoms. The molecule has 1 aliphatic rings. The molecule has 1 saturated heterocycles. The number of fused-ring (bicyclic) bond motifs is 1. The molecule has 7 nitrogen and oxygen atoms in total. The predicted octanol–water partition coefficient (Wildman–Crippen LogP) is 1.91. The molecule has 1 aromatic carbocycles. The summed E-state index contributed by atoms with van der Waals surface area (Å²) in [5, 5.41) is 0. The number of aromatic nitrogens is 1. The number of aromatic amines is 1. The summed E-state index contributed by atoms with van der Waals surface area (Å²) in [5.74, 6) is -0.266. The number of nitrogens with zero attached hydrogens (tertiary/aromatic N) is 2. The number of carbonyl (C=O) groups excluding carboxylic acids is 2. The van der Waals surface area contributed by atoms with Gasteiger partial charge in [-0.25, -0.2) is 4.79 Å². The molecule has 0 radical (unpaired) electrons. The summed E-state index contributed by atoms with van der Waals surface area (Å²) in [6.45, 7) is 4.63. The zero-order chi connectivity index (χ0) is 18.5. The lowest BCUT2D eigenvalue weighted by atomic mass is 10.1. The minimum absolute atomic E-state index is 0.0399. The van der Waals surface area contributed by atoms with Gasteiger partial charge in [-0.15, -0.1) is 0 Å². The molecule has 0 spiro atoms. The fraction of sp³-hybridized carbons (Fsp3) is 0.526. The van der Waals surface area contributed by atoms with E-state index in [1.54, 1.807) is 18.2 Å². The Labute approximate surface area is 152 Å². The minimum Gasteiger partial charge on any atom is -0.408 e. The Balaban J connectivity index is 1.58. The van der Waals surface area contributed by atoms with Crippen LogP contribution >= 0.6 is 0 Å². The van der Waals surface area contributed by atoms with Crippen molar-refractivity contribution in [2.24, 2.45) is 0 Å². The topological polar surface area (TPSA) is 86.6 Å². The first kappa shape index (κ1) is 18.2. The summed E-state index contributed by atoms with van der Waals surface area (Å²) in [7, 11) is 0. The van der Waals surface area contributed by atoms with E-state index in [0.717, 1.165) is 24.8 Å². The van der Waals surface area contributed by atoms with Gasteiger partial charge in [-0.1, -0.05) is 19.4 Å². The molecule has 26 heavy (non-hydrogen) atoms. The summed E-state index contributed by atoms with van der Waals surface area (Å²) in [6.07, 6.45) is 3.59. The van der Waals surface area contributed by atoms with E-state index < -0.39 is 5.76 Å². The molecule has 1 aliphatic heterocycles. The highest BCUT2D eigenvalue weighted by molar-refractivity contribution is 5.81. The molecule has 0 saturated carbocycles. The van der Waals surface area contributed by atoms with Crippen molar-refractivity contribution in [1.82, 2.24) is 14.8 Å². The van der Waals surface area contributed by atoms with E-state index in [1.807, 2.05) is 9.80 Å². The molecule has 140 valence electrons. The summed E-state index contributed by atoms with van der Waals surface area (Å²) in [6, 6.07) is 5.28. The maximum Gasteiger partial charge on any atom is 0.417 e. The Morgan fingerprint density at radius 2 is 1.85 bits per heavy atom. The van der Waals surface area contributed by atoms with Gasteiger partial charge in [-0.2, -0.15) is 0 Å². The average molecular weight is 359 g/mol. The average Bonchev–Trinajstić information content (AvgIpc) is 2.82. The number of H-pyrrole nitrogens is 1. The molecule has 0 atom stereocenters. The Morgan fingerprint density at radius 1 is 1.12 bits per heavy atom. The van der Waals surface area contributed by atoms with Crippen LogP contribution < -0.4 is 5.76 Å². The van der Waals surface area contributed by atoms with Gasteiger partial charge in [-0.3, -0.25) is 14.6 Å². The number of oxazole rings is 1. The van der Waals surface area contributed by atoms with Gasteiger partial charge in [0.2, 0.25) is 11.8 Å².